The minimum absolute atomic E-state index is 0.0139. The van der Waals surface area contributed by atoms with Crippen molar-refractivity contribution in [3.05, 3.63) is 58.7 Å². The molecule has 31 heavy (non-hydrogen) atoms. The molecule has 0 fully saturated rings. The van der Waals surface area contributed by atoms with Crippen molar-refractivity contribution in [2.75, 3.05) is 13.2 Å². The van der Waals surface area contributed by atoms with E-state index in [1.54, 1.807) is 0 Å². The second kappa shape index (κ2) is 8.37. The molecule has 0 aromatic heterocycles. The van der Waals surface area contributed by atoms with E-state index in [1.165, 1.54) is 33.4 Å². The van der Waals surface area contributed by atoms with Crippen LogP contribution in [0, 0.1) is 0 Å². The number of benzene rings is 2. The highest BCUT2D eigenvalue weighted by Crippen LogP contribution is 2.47. The van der Waals surface area contributed by atoms with Gasteiger partial charge in [-0.15, -0.1) is 0 Å². The lowest BCUT2D eigenvalue weighted by molar-refractivity contribution is -0.136. The van der Waals surface area contributed by atoms with Crippen LogP contribution in [0.3, 0.4) is 0 Å². The number of carboxylic acids is 1. The standard InChI is InChI=1S/C26H33NO4/c1-25(2,3)16-7-9-18-19-10-8-17(26(4,5)6)14-21(19)22(20(18)13-16)15-31-24(30)27-12-11-23(28)29/h7-10,13-14,22H,11-12,15H2,1-6H3,(H,27,30)(H,28,29). The van der Waals surface area contributed by atoms with Gasteiger partial charge in [-0.05, 0) is 44.2 Å². The molecule has 0 saturated carbocycles. The molecule has 2 aromatic rings. The third-order valence-electron chi connectivity index (χ3n) is 5.87. The van der Waals surface area contributed by atoms with Crippen molar-refractivity contribution in [3.8, 4) is 11.1 Å². The van der Waals surface area contributed by atoms with Crippen LogP contribution in [0.5, 0.6) is 0 Å². The van der Waals surface area contributed by atoms with Gasteiger partial charge in [0.1, 0.15) is 6.61 Å². The number of alkyl carbamates (subject to hydrolysis) is 1. The van der Waals surface area contributed by atoms with Gasteiger partial charge in [0.15, 0.2) is 0 Å². The van der Waals surface area contributed by atoms with Gasteiger partial charge in [0.2, 0.25) is 0 Å². The normalized spacial score (nSPS) is 13.5. The van der Waals surface area contributed by atoms with Crippen LogP contribution in [-0.2, 0) is 20.4 Å². The average Bonchev–Trinajstić information content (AvgIpc) is 2.97. The topological polar surface area (TPSA) is 75.6 Å². The summed E-state index contributed by atoms with van der Waals surface area (Å²) < 4.78 is 5.53. The van der Waals surface area contributed by atoms with Gasteiger partial charge < -0.3 is 15.2 Å². The first kappa shape index (κ1) is 22.9. The number of carbonyl (C=O) groups excluding carboxylic acids is 1. The van der Waals surface area contributed by atoms with E-state index in [0.29, 0.717) is 0 Å². The molecule has 1 aliphatic rings. The maximum atomic E-state index is 12.1. The quantitative estimate of drug-likeness (QED) is 0.657. The highest BCUT2D eigenvalue weighted by Gasteiger charge is 2.32. The Morgan fingerprint density at radius 2 is 1.39 bits per heavy atom. The number of ether oxygens (including phenoxy) is 1. The number of carbonyl (C=O) groups is 2. The SMILES string of the molecule is CC(C)(C)c1ccc2c(c1)C(COC(=O)NCCC(=O)O)c1cc(C(C)(C)C)ccc1-2. The molecule has 2 N–H and O–H groups in total. The van der Waals surface area contributed by atoms with Crippen LogP contribution in [-0.4, -0.2) is 30.3 Å². The molecule has 1 amide bonds. The van der Waals surface area contributed by atoms with Crippen LogP contribution in [0.4, 0.5) is 4.79 Å². The van der Waals surface area contributed by atoms with Crippen molar-refractivity contribution in [1.29, 1.82) is 0 Å². The predicted octanol–water partition coefficient (Wildman–Crippen LogP) is 5.59. The van der Waals surface area contributed by atoms with Crippen LogP contribution in [0.1, 0.15) is 76.1 Å². The number of carboxylic acid groups (broad SMARTS) is 1. The summed E-state index contributed by atoms with van der Waals surface area (Å²) in [6.07, 6.45) is -0.719. The zero-order chi connectivity index (χ0) is 23.0. The van der Waals surface area contributed by atoms with Crippen LogP contribution in [0.15, 0.2) is 36.4 Å². The lowest BCUT2D eigenvalue weighted by atomic mass is 9.83. The first-order valence-corrected chi connectivity index (χ1v) is 10.8. The summed E-state index contributed by atoms with van der Waals surface area (Å²) in [4.78, 5) is 22.8. The molecule has 5 nitrogen and oxygen atoms in total. The number of hydrogen-bond acceptors (Lipinski definition) is 3. The molecule has 5 heteroatoms. The monoisotopic (exact) mass is 423 g/mol. The van der Waals surface area contributed by atoms with E-state index >= 15 is 0 Å². The summed E-state index contributed by atoms with van der Waals surface area (Å²) in [5, 5.41) is 11.3. The molecule has 0 saturated heterocycles. The number of rotatable bonds is 5. The van der Waals surface area contributed by atoms with Gasteiger partial charge in [0.05, 0.1) is 6.42 Å². The van der Waals surface area contributed by atoms with Gasteiger partial charge in [-0.3, -0.25) is 4.79 Å². The molecular formula is C26H33NO4. The van der Waals surface area contributed by atoms with E-state index in [2.05, 4.69) is 83.3 Å². The fourth-order valence-corrected chi connectivity index (χ4v) is 3.95. The van der Waals surface area contributed by atoms with Gasteiger partial charge in [-0.1, -0.05) is 77.9 Å². The van der Waals surface area contributed by atoms with E-state index in [0.717, 1.165) is 0 Å². The maximum absolute atomic E-state index is 12.1. The molecule has 3 rings (SSSR count). The van der Waals surface area contributed by atoms with Gasteiger partial charge >= 0.3 is 12.1 Å². The first-order chi connectivity index (χ1) is 14.4. The van der Waals surface area contributed by atoms with Gasteiger partial charge in [-0.2, -0.15) is 0 Å². The van der Waals surface area contributed by atoms with Crippen LogP contribution in [0.25, 0.3) is 11.1 Å². The second-order valence-electron chi connectivity index (χ2n) is 10.3. The fourth-order valence-electron chi connectivity index (χ4n) is 3.95. The van der Waals surface area contributed by atoms with Crippen molar-refractivity contribution in [3.63, 3.8) is 0 Å². The molecule has 0 bridgehead atoms. The summed E-state index contributed by atoms with van der Waals surface area (Å²) in [5.41, 5.74) is 7.22. The summed E-state index contributed by atoms with van der Waals surface area (Å²) in [5.74, 6) is -1.01. The predicted molar refractivity (Wildman–Crippen MR) is 123 cm³/mol. The third-order valence-corrected chi connectivity index (χ3v) is 5.87. The lowest BCUT2D eigenvalue weighted by Gasteiger charge is -2.22. The molecule has 0 aliphatic heterocycles. The summed E-state index contributed by atoms with van der Waals surface area (Å²) in [6.45, 7) is 13.4. The largest absolute Gasteiger partial charge is 0.481 e. The molecule has 2 aromatic carbocycles. The Morgan fingerprint density at radius 1 is 0.903 bits per heavy atom. The highest BCUT2D eigenvalue weighted by molar-refractivity contribution is 5.80. The molecule has 1 aliphatic carbocycles. The zero-order valence-corrected chi connectivity index (χ0v) is 19.3. The minimum Gasteiger partial charge on any atom is -0.481 e. The van der Waals surface area contributed by atoms with Gasteiger partial charge in [0, 0.05) is 12.5 Å². The summed E-state index contributed by atoms with van der Waals surface area (Å²) in [7, 11) is 0. The van der Waals surface area contributed by atoms with E-state index < -0.39 is 12.1 Å². The Labute approximate surface area is 184 Å². The van der Waals surface area contributed by atoms with E-state index in [9.17, 15) is 9.59 Å². The van der Waals surface area contributed by atoms with E-state index in [4.69, 9.17) is 9.84 Å². The average molecular weight is 424 g/mol. The number of fused-ring (bicyclic) bond motifs is 3. The zero-order valence-electron chi connectivity index (χ0n) is 19.3. The Morgan fingerprint density at radius 3 is 1.81 bits per heavy atom. The Hall–Kier alpha value is -2.82. The molecule has 166 valence electrons. The smallest absolute Gasteiger partial charge is 0.407 e. The first-order valence-electron chi connectivity index (χ1n) is 10.8. The van der Waals surface area contributed by atoms with Crippen molar-refractivity contribution in [2.24, 2.45) is 0 Å². The minimum atomic E-state index is -0.955. The number of hydrogen-bond donors (Lipinski definition) is 2. The Kier molecular flexibility index (Phi) is 6.17. The van der Waals surface area contributed by atoms with Crippen LogP contribution >= 0.6 is 0 Å². The molecule has 0 spiro atoms. The Bertz CT molecular complexity index is 932. The number of aliphatic carboxylic acids is 1. The molecule has 0 atom stereocenters. The van der Waals surface area contributed by atoms with Crippen LogP contribution in [0.2, 0.25) is 0 Å². The van der Waals surface area contributed by atoms with E-state index in [1.807, 2.05) is 0 Å². The van der Waals surface area contributed by atoms with E-state index in [-0.39, 0.29) is 36.3 Å². The third kappa shape index (κ3) is 5.09. The van der Waals surface area contributed by atoms with Crippen molar-refractivity contribution < 1.29 is 19.4 Å². The van der Waals surface area contributed by atoms with Crippen molar-refractivity contribution in [1.82, 2.24) is 5.32 Å². The molecular weight excluding hydrogens is 390 g/mol. The van der Waals surface area contributed by atoms with Crippen molar-refractivity contribution >= 4 is 12.1 Å². The molecule has 0 unspecified atom stereocenters. The fraction of sp³-hybridized carbons (Fsp3) is 0.462. The Balaban J connectivity index is 1.93. The van der Waals surface area contributed by atoms with Crippen molar-refractivity contribution in [2.45, 2.75) is 64.7 Å². The summed E-state index contributed by atoms with van der Waals surface area (Å²) in [6, 6.07) is 13.2. The lowest BCUT2D eigenvalue weighted by Crippen LogP contribution is -2.28. The second-order valence-corrected chi connectivity index (χ2v) is 10.3. The van der Waals surface area contributed by atoms with Crippen LogP contribution < -0.4 is 5.32 Å². The maximum Gasteiger partial charge on any atom is 0.407 e. The number of amides is 1. The number of nitrogens with one attached hydrogen (secondary N) is 1. The summed E-state index contributed by atoms with van der Waals surface area (Å²) >= 11 is 0. The highest BCUT2D eigenvalue weighted by atomic mass is 16.5. The molecule has 0 radical (unpaired) electrons. The van der Waals surface area contributed by atoms with Gasteiger partial charge in [0.25, 0.3) is 0 Å². The van der Waals surface area contributed by atoms with Gasteiger partial charge in [-0.25, -0.2) is 4.79 Å². The molecule has 0 heterocycles.